The largest absolute Gasteiger partial charge is 0.378 e. The van der Waals surface area contributed by atoms with Gasteiger partial charge in [0.1, 0.15) is 17.8 Å². The Bertz CT molecular complexity index is 678. The van der Waals surface area contributed by atoms with E-state index in [0.29, 0.717) is 5.69 Å². The zero-order chi connectivity index (χ0) is 16.2. The molecule has 0 aliphatic carbocycles. The van der Waals surface area contributed by atoms with Crippen LogP contribution in [0.1, 0.15) is 23.3 Å². The van der Waals surface area contributed by atoms with Crippen LogP contribution >= 0.6 is 0 Å². The number of rotatable bonds is 4. The summed E-state index contributed by atoms with van der Waals surface area (Å²) in [6.07, 6.45) is 3.80. The summed E-state index contributed by atoms with van der Waals surface area (Å²) in [4.78, 5) is 24.9. The third kappa shape index (κ3) is 3.59. The molecule has 0 radical (unpaired) electrons. The number of carbonyl (C=O) groups excluding carboxylic acids is 1. The van der Waals surface area contributed by atoms with Crippen LogP contribution < -0.4 is 15.1 Å². The molecule has 1 aromatic carbocycles. The number of benzene rings is 1. The summed E-state index contributed by atoms with van der Waals surface area (Å²) in [6.45, 7) is 1.98. The lowest BCUT2D eigenvalue weighted by molar-refractivity contribution is 0.102. The highest BCUT2D eigenvalue weighted by Crippen LogP contribution is 2.19. The van der Waals surface area contributed by atoms with Gasteiger partial charge in [-0.05, 0) is 37.1 Å². The second kappa shape index (κ2) is 6.64. The van der Waals surface area contributed by atoms with Crippen LogP contribution in [0.2, 0.25) is 0 Å². The minimum atomic E-state index is -0.217. The van der Waals surface area contributed by atoms with E-state index in [-0.39, 0.29) is 5.91 Å². The van der Waals surface area contributed by atoms with Gasteiger partial charge in [-0.25, -0.2) is 9.97 Å². The number of nitrogens with zero attached hydrogens (tertiary/aromatic N) is 4. The number of hydrogen-bond acceptors (Lipinski definition) is 5. The van der Waals surface area contributed by atoms with Gasteiger partial charge in [-0.15, -0.1) is 0 Å². The molecule has 1 saturated heterocycles. The highest BCUT2D eigenvalue weighted by molar-refractivity contribution is 6.03. The summed E-state index contributed by atoms with van der Waals surface area (Å²) in [5, 5.41) is 2.88. The SMILES string of the molecule is CN(C)c1ccc(NC(=O)c2cc(N3CCCC3)ncn2)cc1. The van der Waals surface area contributed by atoms with Crippen molar-refractivity contribution in [3.05, 3.63) is 42.4 Å². The van der Waals surface area contributed by atoms with Gasteiger partial charge in [-0.2, -0.15) is 0 Å². The van der Waals surface area contributed by atoms with E-state index >= 15 is 0 Å². The number of nitrogens with one attached hydrogen (secondary N) is 1. The van der Waals surface area contributed by atoms with Crippen molar-refractivity contribution in [1.82, 2.24) is 9.97 Å². The van der Waals surface area contributed by atoms with E-state index in [1.54, 1.807) is 6.07 Å². The van der Waals surface area contributed by atoms with Gasteiger partial charge in [0.15, 0.2) is 0 Å². The fraction of sp³-hybridized carbons (Fsp3) is 0.353. The molecule has 1 aliphatic heterocycles. The first-order valence-electron chi connectivity index (χ1n) is 7.79. The van der Waals surface area contributed by atoms with E-state index in [0.717, 1.165) is 30.3 Å². The van der Waals surface area contributed by atoms with Gasteiger partial charge in [0.05, 0.1) is 0 Å². The topological polar surface area (TPSA) is 61.4 Å². The summed E-state index contributed by atoms with van der Waals surface area (Å²) < 4.78 is 0. The number of amides is 1. The lowest BCUT2D eigenvalue weighted by Gasteiger charge is -2.16. The third-order valence-corrected chi connectivity index (χ3v) is 3.96. The molecule has 1 aliphatic rings. The first-order chi connectivity index (χ1) is 11.1. The smallest absolute Gasteiger partial charge is 0.274 e. The highest BCUT2D eigenvalue weighted by atomic mass is 16.1. The monoisotopic (exact) mass is 311 g/mol. The summed E-state index contributed by atoms with van der Waals surface area (Å²) in [5.74, 6) is 0.607. The Balaban J connectivity index is 1.71. The van der Waals surface area contributed by atoms with Crippen molar-refractivity contribution in [2.75, 3.05) is 42.3 Å². The zero-order valence-electron chi connectivity index (χ0n) is 13.5. The zero-order valence-corrected chi connectivity index (χ0v) is 13.5. The normalized spacial score (nSPS) is 13.9. The molecule has 23 heavy (non-hydrogen) atoms. The molecule has 0 unspecified atom stereocenters. The van der Waals surface area contributed by atoms with Crippen LogP contribution in [0, 0.1) is 0 Å². The Morgan fingerprint density at radius 1 is 1.13 bits per heavy atom. The first-order valence-corrected chi connectivity index (χ1v) is 7.79. The van der Waals surface area contributed by atoms with Gasteiger partial charge in [0.25, 0.3) is 5.91 Å². The van der Waals surface area contributed by atoms with Gasteiger partial charge in [0, 0.05) is 44.6 Å². The number of carbonyl (C=O) groups is 1. The lowest BCUT2D eigenvalue weighted by atomic mass is 10.2. The fourth-order valence-electron chi connectivity index (χ4n) is 2.63. The van der Waals surface area contributed by atoms with Gasteiger partial charge in [-0.3, -0.25) is 4.79 Å². The Hall–Kier alpha value is -2.63. The van der Waals surface area contributed by atoms with Crippen LogP contribution in [0.3, 0.4) is 0 Å². The Kier molecular flexibility index (Phi) is 4.41. The standard InChI is InChI=1S/C17H21N5O/c1-21(2)14-7-5-13(6-8-14)20-17(23)15-11-16(19-12-18-15)22-9-3-4-10-22/h5-8,11-12H,3-4,9-10H2,1-2H3,(H,20,23). The predicted molar refractivity (Wildman–Crippen MR) is 92.2 cm³/mol. The maximum Gasteiger partial charge on any atom is 0.274 e. The molecule has 1 amide bonds. The molecule has 6 heteroatoms. The molecule has 0 atom stereocenters. The molecule has 0 spiro atoms. The highest BCUT2D eigenvalue weighted by Gasteiger charge is 2.16. The Morgan fingerprint density at radius 3 is 2.48 bits per heavy atom. The van der Waals surface area contributed by atoms with Crippen LogP contribution in [-0.2, 0) is 0 Å². The van der Waals surface area contributed by atoms with Crippen molar-refractivity contribution in [3.63, 3.8) is 0 Å². The molecular weight excluding hydrogens is 290 g/mol. The van der Waals surface area contributed by atoms with Crippen molar-refractivity contribution in [2.45, 2.75) is 12.8 Å². The molecule has 1 aromatic heterocycles. The van der Waals surface area contributed by atoms with Crippen molar-refractivity contribution in [3.8, 4) is 0 Å². The molecular formula is C17H21N5O. The summed E-state index contributed by atoms with van der Waals surface area (Å²) in [7, 11) is 3.96. The summed E-state index contributed by atoms with van der Waals surface area (Å²) >= 11 is 0. The minimum absolute atomic E-state index is 0.217. The second-order valence-electron chi connectivity index (χ2n) is 5.85. The third-order valence-electron chi connectivity index (χ3n) is 3.96. The van der Waals surface area contributed by atoms with Gasteiger partial charge < -0.3 is 15.1 Å². The van der Waals surface area contributed by atoms with Gasteiger partial charge >= 0.3 is 0 Å². The number of hydrogen-bond donors (Lipinski definition) is 1. The van der Waals surface area contributed by atoms with Crippen molar-refractivity contribution in [1.29, 1.82) is 0 Å². The molecule has 120 valence electrons. The van der Waals surface area contributed by atoms with Crippen LogP contribution in [-0.4, -0.2) is 43.1 Å². The molecule has 6 nitrogen and oxygen atoms in total. The van der Waals surface area contributed by atoms with E-state index in [1.807, 2.05) is 43.3 Å². The average molecular weight is 311 g/mol. The Labute approximate surface area is 136 Å². The van der Waals surface area contributed by atoms with Crippen LogP contribution in [0.5, 0.6) is 0 Å². The van der Waals surface area contributed by atoms with E-state index < -0.39 is 0 Å². The van der Waals surface area contributed by atoms with Crippen LogP contribution in [0.4, 0.5) is 17.2 Å². The first kappa shape index (κ1) is 15.3. The molecule has 2 heterocycles. The van der Waals surface area contributed by atoms with Crippen molar-refractivity contribution >= 4 is 23.1 Å². The molecule has 1 N–H and O–H groups in total. The number of aromatic nitrogens is 2. The van der Waals surface area contributed by atoms with E-state index in [2.05, 4.69) is 20.2 Å². The van der Waals surface area contributed by atoms with E-state index in [9.17, 15) is 4.79 Å². The van der Waals surface area contributed by atoms with Gasteiger partial charge in [-0.1, -0.05) is 0 Å². The molecule has 0 saturated carbocycles. The van der Waals surface area contributed by atoms with Gasteiger partial charge in [0.2, 0.25) is 0 Å². The quantitative estimate of drug-likeness (QED) is 0.939. The number of anilines is 3. The predicted octanol–water partition coefficient (Wildman–Crippen LogP) is 2.40. The minimum Gasteiger partial charge on any atom is -0.378 e. The maximum atomic E-state index is 12.4. The summed E-state index contributed by atoms with van der Waals surface area (Å²) in [5.41, 5.74) is 2.22. The lowest BCUT2D eigenvalue weighted by Crippen LogP contribution is -2.21. The molecule has 0 bridgehead atoms. The molecule has 1 fully saturated rings. The van der Waals surface area contributed by atoms with E-state index in [4.69, 9.17) is 0 Å². The van der Waals surface area contributed by atoms with Crippen molar-refractivity contribution < 1.29 is 4.79 Å². The average Bonchev–Trinajstić information content (AvgIpc) is 3.10. The molecule has 2 aromatic rings. The maximum absolute atomic E-state index is 12.4. The second-order valence-corrected chi connectivity index (χ2v) is 5.85. The molecule has 3 rings (SSSR count). The van der Waals surface area contributed by atoms with Crippen molar-refractivity contribution in [2.24, 2.45) is 0 Å². The van der Waals surface area contributed by atoms with Crippen LogP contribution in [0.15, 0.2) is 36.7 Å². The van der Waals surface area contributed by atoms with Crippen LogP contribution in [0.25, 0.3) is 0 Å². The van der Waals surface area contributed by atoms with E-state index in [1.165, 1.54) is 19.2 Å². The fourth-order valence-corrected chi connectivity index (χ4v) is 2.63. The Morgan fingerprint density at radius 2 is 1.83 bits per heavy atom. The summed E-state index contributed by atoms with van der Waals surface area (Å²) in [6, 6.07) is 9.46.